The predicted molar refractivity (Wildman–Crippen MR) is 59.5 cm³/mol. The lowest BCUT2D eigenvalue weighted by atomic mass is 9.80. The summed E-state index contributed by atoms with van der Waals surface area (Å²) < 4.78 is 0. The van der Waals surface area contributed by atoms with Crippen LogP contribution in [0.15, 0.2) is 11.6 Å². The van der Waals surface area contributed by atoms with Crippen LogP contribution in [-0.2, 0) is 5.54 Å². The van der Waals surface area contributed by atoms with Crippen LogP contribution in [0.1, 0.15) is 18.4 Å². The van der Waals surface area contributed by atoms with Crippen molar-refractivity contribution in [2.75, 3.05) is 20.1 Å². The second-order valence-electron chi connectivity index (χ2n) is 3.91. The Balaban J connectivity index is 2.32. The second kappa shape index (κ2) is 3.96. The first-order valence-corrected chi connectivity index (χ1v) is 5.97. The minimum atomic E-state index is 0.0966. The Hall–Kier alpha value is -0.450. The molecule has 1 aromatic heterocycles. The molecule has 3 nitrogen and oxygen atoms in total. The van der Waals surface area contributed by atoms with Crippen molar-refractivity contribution in [3.05, 3.63) is 16.6 Å². The monoisotopic (exact) mass is 211 g/mol. The lowest BCUT2D eigenvalue weighted by molar-refractivity contribution is 0.179. The molecule has 1 aliphatic heterocycles. The maximum absolute atomic E-state index is 4.46. The number of rotatable bonds is 2. The fourth-order valence-corrected chi connectivity index (χ4v) is 3.25. The summed E-state index contributed by atoms with van der Waals surface area (Å²) in [5.41, 5.74) is 0.0966. The smallest absolute Gasteiger partial charge is 0.113 e. The van der Waals surface area contributed by atoms with Gasteiger partial charge in [-0.25, -0.2) is 4.98 Å². The molecule has 0 radical (unpaired) electrons. The van der Waals surface area contributed by atoms with Gasteiger partial charge in [0.2, 0.25) is 0 Å². The summed E-state index contributed by atoms with van der Waals surface area (Å²) in [6.45, 7) is 4.43. The summed E-state index contributed by atoms with van der Waals surface area (Å²) in [5.74, 6) is 0.590. The van der Waals surface area contributed by atoms with Gasteiger partial charge in [-0.1, -0.05) is 6.92 Å². The third-order valence-corrected chi connectivity index (χ3v) is 4.20. The van der Waals surface area contributed by atoms with Crippen molar-refractivity contribution in [3.63, 3.8) is 0 Å². The van der Waals surface area contributed by atoms with Crippen molar-refractivity contribution in [1.82, 2.24) is 15.6 Å². The number of nitrogens with zero attached hydrogens (tertiary/aromatic N) is 1. The van der Waals surface area contributed by atoms with Gasteiger partial charge in [0.05, 0.1) is 5.54 Å². The van der Waals surface area contributed by atoms with Crippen LogP contribution in [0.3, 0.4) is 0 Å². The maximum atomic E-state index is 4.46. The number of hydrogen-bond acceptors (Lipinski definition) is 4. The van der Waals surface area contributed by atoms with Crippen LogP contribution in [0.25, 0.3) is 0 Å². The van der Waals surface area contributed by atoms with Crippen molar-refractivity contribution in [2.45, 2.75) is 18.9 Å². The second-order valence-corrected chi connectivity index (χ2v) is 4.81. The molecule has 1 fully saturated rings. The Kier molecular flexibility index (Phi) is 2.85. The van der Waals surface area contributed by atoms with Crippen molar-refractivity contribution >= 4 is 11.3 Å². The third-order valence-electron chi connectivity index (χ3n) is 3.25. The fourth-order valence-electron chi connectivity index (χ4n) is 2.26. The van der Waals surface area contributed by atoms with Crippen LogP contribution in [0.5, 0.6) is 0 Å². The average Bonchev–Trinajstić information content (AvgIpc) is 2.72. The van der Waals surface area contributed by atoms with E-state index in [9.17, 15) is 0 Å². The molecule has 1 aliphatic rings. The highest BCUT2D eigenvalue weighted by molar-refractivity contribution is 7.09. The predicted octanol–water partition coefficient (Wildman–Crippen LogP) is 1.19. The summed E-state index contributed by atoms with van der Waals surface area (Å²) in [4.78, 5) is 4.46. The number of piperidine rings is 1. The van der Waals surface area contributed by atoms with E-state index in [-0.39, 0.29) is 5.54 Å². The molecule has 0 aromatic carbocycles. The Bertz CT molecular complexity index is 286. The SMILES string of the molecule is CNC1(c2nccs2)CCNCC1C. The Morgan fingerprint density at radius 1 is 1.71 bits per heavy atom. The standard InChI is InChI=1S/C10H17N3S/c1-8-7-12-4-3-10(8,11-2)9-13-5-6-14-9/h5-6,8,11-12H,3-4,7H2,1-2H3. The summed E-state index contributed by atoms with van der Waals surface area (Å²) in [5, 5.41) is 10.2. The molecule has 1 saturated heterocycles. The molecule has 14 heavy (non-hydrogen) atoms. The summed E-state index contributed by atoms with van der Waals surface area (Å²) in [6, 6.07) is 0. The minimum Gasteiger partial charge on any atom is -0.316 e. The molecular weight excluding hydrogens is 194 g/mol. The fraction of sp³-hybridized carbons (Fsp3) is 0.700. The molecule has 2 unspecified atom stereocenters. The minimum absolute atomic E-state index is 0.0966. The zero-order chi connectivity index (χ0) is 10.0. The molecule has 1 aromatic rings. The third kappa shape index (κ3) is 1.47. The van der Waals surface area contributed by atoms with Gasteiger partial charge < -0.3 is 10.6 Å². The van der Waals surface area contributed by atoms with Gasteiger partial charge in [0.1, 0.15) is 5.01 Å². The first-order chi connectivity index (χ1) is 6.79. The number of aromatic nitrogens is 1. The van der Waals surface area contributed by atoms with Crippen molar-refractivity contribution in [2.24, 2.45) is 5.92 Å². The molecule has 0 spiro atoms. The molecule has 0 aliphatic carbocycles. The van der Waals surface area contributed by atoms with Gasteiger partial charge in [-0.2, -0.15) is 0 Å². The highest BCUT2D eigenvalue weighted by atomic mass is 32.1. The van der Waals surface area contributed by atoms with Crippen LogP contribution < -0.4 is 10.6 Å². The normalized spacial score (nSPS) is 33.1. The highest BCUT2D eigenvalue weighted by Crippen LogP contribution is 2.35. The van der Waals surface area contributed by atoms with E-state index in [1.54, 1.807) is 11.3 Å². The van der Waals surface area contributed by atoms with Crippen LogP contribution in [0.2, 0.25) is 0 Å². The molecule has 0 saturated carbocycles. The van der Waals surface area contributed by atoms with Gasteiger partial charge in [-0.15, -0.1) is 11.3 Å². The van der Waals surface area contributed by atoms with E-state index < -0.39 is 0 Å². The van der Waals surface area contributed by atoms with Gasteiger partial charge in [-0.3, -0.25) is 0 Å². The van der Waals surface area contributed by atoms with Gasteiger partial charge in [-0.05, 0) is 32.5 Å². The topological polar surface area (TPSA) is 37.0 Å². The van der Waals surface area contributed by atoms with Crippen LogP contribution in [0.4, 0.5) is 0 Å². The van der Waals surface area contributed by atoms with E-state index in [2.05, 4.69) is 27.9 Å². The van der Waals surface area contributed by atoms with Crippen molar-refractivity contribution in [1.29, 1.82) is 0 Å². The van der Waals surface area contributed by atoms with E-state index >= 15 is 0 Å². The van der Waals surface area contributed by atoms with Crippen LogP contribution in [0, 0.1) is 5.92 Å². The van der Waals surface area contributed by atoms with E-state index in [1.807, 2.05) is 13.2 Å². The molecule has 2 heterocycles. The number of thiazole rings is 1. The molecule has 2 atom stereocenters. The molecule has 4 heteroatoms. The summed E-state index contributed by atoms with van der Waals surface area (Å²) >= 11 is 1.76. The van der Waals surface area contributed by atoms with Crippen LogP contribution in [-0.4, -0.2) is 25.1 Å². The first kappa shape index (κ1) is 10.1. The Morgan fingerprint density at radius 2 is 2.57 bits per heavy atom. The maximum Gasteiger partial charge on any atom is 0.113 e. The number of nitrogens with one attached hydrogen (secondary N) is 2. The molecule has 78 valence electrons. The van der Waals surface area contributed by atoms with Crippen molar-refractivity contribution in [3.8, 4) is 0 Å². The molecule has 0 bridgehead atoms. The highest BCUT2D eigenvalue weighted by Gasteiger charge is 2.40. The Labute approximate surface area is 88.9 Å². The largest absolute Gasteiger partial charge is 0.316 e. The summed E-state index contributed by atoms with van der Waals surface area (Å²) in [7, 11) is 2.04. The van der Waals surface area contributed by atoms with Crippen molar-refractivity contribution < 1.29 is 0 Å². The quantitative estimate of drug-likeness (QED) is 0.771. The van der Waals surface area contributed by atoms with E-state index in [0.717, 1.165) is 19.5 Å². The summed E-state index contributed by atoms with van der Waals surface area (Å²) in [6.07, 6.45) is 3.02. The van der Waals surface area contributed by atoms with Crippen LogP contribution >= 0.6 is 11.3 Å². The van der Waals surface area contributed by atoms with E-state index in [0.29, 0.717) is 5.92 Å². The van der Waals surface area contributed by atoms with Gasteiger partial charge >= 0.3 is 0 Å². The van der Waals surface area contributed by atoms with Gasteiger partial charge in [0.15, 0.2) is 0 Å². The van der Waals surface area contributed by atoms with Gasteiger partial charge in [0.25, 0.3) is 0 Å². The van der Waals surface area contributed by atoms with E-state index in [1.165, 1.54) is 5.01 Å². The Morgan fingerprint density at radius 3 is 3.14 bits per heavy atom. The zero-order valence-corrected chi connectivity index (χ0v) is 9.53. The molecule has 0 amide bonds. The number of hydrogen-bond donors (Lipinski definition) is 2. The van der Waals surface area contributed by atoms with Gasteiger partial charge in [0, 0.05) is 11.6 Å². The lowest BCUT2D eigenvalue weighted by Crippen LogP contribution is -2.54. The molecular formula is C10H17N3S. The molecule has 2 rings (SSSR count). The lowest BCUT2D eigenvalue weighted by Gasteiger charge is -2.41. The zero-order valence-electron chi connectivity index (χ0n) is 8.71. The first-order valence-electron chi connectivity index (χ1n) is 5.09. The van der Waals surface area contributed by atoms with E-state index in [4.69, 9.17) is 0 Å². The average molecular weight is 211 g/mol. The molecule has 2 N–H and O–H groups in total.